The second kappa shape index (κ2) is 1.83. The van der Waals surface area contributed by atoms with Crippen molar-refractivity contribution in [3.63, 3.8) is 0 Å². The highest BCUT2D eigenvalue weighted by atomic mass is 16.3. The van der Waals surface area contributed by atoms with E-state index in [4.69, 9.17) is 4.42 Å². The van der Waals surface area contributed by atoms with E-state index >= 15 is 0 Å². The molecule has 10 heavy (non-hydrogen) atoms. The summed E-state index contributed by atoms with van der Waals surface area (Å²) in [6, 6.07) is 0. The van der Waals surface area contributed by atoms with E-state index in [0.29, 0.717) is 0 Å². The molecule has 1 aliphatic rings. The Labute approximate surface area is 59.4 Å². The van der Waals surface area contributed by atoms with Crippen molar-refractivity contribution < 1.29 is 4.42 Å². The van der Waals surface area contributed by atoms with E-state index in [1.807, 2.05) is 7.05 Å². The van der Waals surface area contributed by atoms with Gasteiger partial charge in [-0.3, -0.25) is 0 Å². The zero-order chi connectivity index (χ0) is 7.03. The first-order chi connectivity index (χ1) is 4.87. The van der Waals surface area contributed by atoms with Gasteiger partial charge < -0.3 is 9.73 Å². The molecule has 1 fully saturated rings. The first-order valence-corrected chi connectivity index (χ1v) is 3.45. The van der Waals surface area contributed by atoms with E-state index in [-0.39, 0.29) is 5.54 Å². The Morgan fingerprint density at radius 2 is 2.50 bits per heavy atom. The summed E-state index contributed by atoms with van der Waals surface area (Å²) in [5.41, 5.74) is 0.135. The van der Waals surface area contributed by atoms with Gasteiger partial charge in [-0.05, 0) is 19.9 Å². The van der Waals surface area contributed by atoms with Gasteiger partial charge in [0.15, 0.2) is 6.39 Å². The van der Waals surface area contributed by atoms with Gasteiger partial charge in [-0.2, -0.15) is 0 Å². The molecule has 1 N–H and O–H groups in total. The van der Waals surface area contributed by atoms with Gasteiger partial charge in [-0.15, -0.1) is 0 Å². The summed E-state index contributed by atoms with van der Waals surface area (Å²) in [5.74, 6) is 0.968. The van der Waals surface area contributed by atoms with Crippen LogP contribution in [0.1, 0.15) is 18.6 Å². The van der Waals surface area contributed by atoms with Crippen LogP contribution in [0.4, 0.5) is 0 Å². The van der Waals surface area contributed by atoms with Gasteiger partial charge in [0.05, 0.1) is 11.7 Å². The molecule has 0 aromatic carbocycles. The van der Waals surface area contributed by atoms with E-state index < -0.39 is 0 Å². The average molecular weight is 138 g/mol. The quantitative estimate of drug-likeness (QED) is 0.659. The molecule has 54 valence electrons. The Morgan fingerprint density at radius 3 is 2.90 bits per heavy atom. The monoisotopic (exact) mass is 138 g/mol. The molecule has 0 aliphatic heterocycles. The molecule has 1 heterocycles. The van der Waals surface area contributed by atoms with Crippen molar-refractivity contribution in [1.82, 2.24) is 10.3 Å². The molecule has 3 heteroatoms. The lowest BCUT2D eigenvalue weighted by atomic mass is 10.2. The minimum atomic E-state index is 0.135. The Kier molecular flexibility index (Phi) is 1.08. The Bertz CT molecular complexity index is 214. The fraction of sp³-hybridized carbons (Fsp3) is 0.571. The van der Waals surface area contributed by atoms with E-state index in [1.165, 1.54) is 19.2 Å². The van der Waals surface area contributed by atoms with Crippen molar-refractivity contribution >= 4 is 0 Å². The zero-order valence-electron chi connectivity index (χ0n) is 5.92. The normalized spacial score (nSPS) is 20.9. The topological polar surface area (TPSA) is 38.1 Å². The van der Waals surface area contributed by atoms with Gasteiger partial charge in [0.25, 0.3) is 0 Å². The Balaban J connectivity index is 2.27. The van der Waals surface area contributed by atoms with Crippen LogP contribution in [-0.2, 0) is 5.54 Å². The van der Waals surface area contributed by atoms with Crippen molar-refractivity contribution in [3.8, 4) is 0 Å². The van der Waals surface area contributed by atoms with E-state index in [9.17, 15) is 0 Å². The largest absolute Gasteiger partial charge is 0.447 e. The standard InChI is InChI=1S/C7H10N2O/c1-8-7(2-3-7)6-4-9-5-10-6/h4-5,8H,2-3H2,1H3. The third-order valence-electron chi connectivity index (χ3n) is 2.13. The molecule has 0 radical (unpaired) electrons. The van der Waals surface area contributed by atoms with E-state index in [0.717, 1.165) is 5.76 Å². The SMILES string of the molecule is CNC1(c2cnco2)CC1. The predicted molar refractivity (Wildman–Crippen MR) is 36.5 cm³/mol. The number of hydrogen-bond acceptors (Lipinski definition) is 3. The van der Waals surface area contributed by atoms with Gasteiger partial charge in [-0.1, -0.05) is 0 Å². The maximum Gasteiger partial charge on any atom is 0.180 e. The summed E-state index contributed by atoms with van der Waals surface area (Å²) < 4.78 is 5.18. The van der Waals surface area contributed by atoms with Gasteiger partial charge in [0.1, 0.15) is 5.76 Å². The lowest BCUT2D eigenvalue weighted by Gasteiger charge is -2.07. The highest BCUT2D eigenvalue weighted by Gasteiger charge is 2.45. The molecule has 1 aliphatic carbocycles. The molecule has 2 rings (SSSR count). The minimum absolute atomic E-state index is 0.135. The van der Waals surface area contributed by atoms with Crippen LogP contribution in [0.5, 0.6) is 0 Å². The lowest BCUT2D eigenvalue weighted by Crippen LogP contribution is -2.23. The summed E-state index contributed by atoms with van der Waals surface area (Å²) in [4.78, 5) is 3.87. The first kappa shape index (κ1) is 5.92. The van der Waals surface area contributed by atoms with Crippen molar-refractivity contribution in [1.29, 1.82) is 0 Å². The number of oxazole rings is 1. The maximum absolute atomic E-state index is 5.18. The van der Waals surface area contributed by atoms with Gasteiger partial charge in [0.2, 0.25) is 0 Å². The summed E-state index contributed by atoms with van der Waals surface area (Å²) in [6.45, 7) is 0. The first-order valence-electron chi connectivity index (χ1n) is 3.45. The van der Waals surface area contributed by atoms with Crippen LogP contribution in [0.2, 0.25) is 0 Å². The highest BCUT2D eigenvalue weighted by molar-refractivity contribution is 5.16. The minimum Gasteiger partial charge on any atom is -0.447 e. The zero-order valence-corrected chi connectivity index (χ0v) is 5.92. The third kappa shape index (κ3) is 0.671. The summed E-state index contributed by atoms with van der Waals surface area (Å²) in [7, 11) is 1.95. The number of aromatic nitrogens is 1. The van der Waals surface area contributed by atoms with Gasteiger partial charge >= 0.3 is 0 Å². The van der Waals surface area contributed by atoms with Crippen molar-refractivity contribution in [2.24, 2.45) is 0 Å². The van der Waals surface area contributed by atoms with E-state index in [2.05, 4.69) is 10.3 Å². The molecule has 0 atom stereocenters. The fourth-order valence-corrected chi connectivity index (χ4v) is 1.20. The summed E-state index contributed by atoms with van der Waals surface area (Å²) in [5, 5.41) is 3.22. The number of rotatable bonds is 2. The molecule has 0 bridgehead atoms. The van der Waals surface area contributed by atoms with Gasteiger partial charge in [0, 0.05) is 0 Å². The smallest absolute Gasteiger partial charge is 0.180 e. The number of hydrogen-bond donors (Lipinski definition) is 1. The van der Waals surface area contributed by atoms with Crippen LogP contribution in [-0.4, -0.2) is 12.0 Å². The molecule has 1 aromatic rings. The molecular formula is C7H10N2O. The maximum atomic E-state index is 5.18. The molecule has 3 nitrogen and oxygen atoms in total. The molecule has 1 saturated carbocycles. The summed E-state index contributed by atoms with van der Waals surface area (Å²) in [6.07, 6.45) is 5.59. The van der Waals surface area contributed by atoms with Crippen LogP contribution >= 0.6 is 0 Å². The number of nitrogens with one attached hydrogen (secondary N) is 1. The van der Waals surface area contributed by atoms with E-state index in [1.54, 1.807) is 6.20 Å². The highest BCUT2D eigenvalue weighted by Crippen LogP contribution is 2.44. The van der Waals surface area contributed by atoms with Crippen LogP contribution in [0.25, 0.3) is 0 Å². The third-order valence-corrected chi connectivity index (χ3v) is 2.13. The van der Waals surface area contributed by atoms with Crippen molar-refractivity contribution in [2.45, 2.75) is 18.4 Å². The molecule has 1 aromatic heterocycles. The van der Waals surface area contributed by atoms with Crippen LogP contribution < -0.4 is 5.32 Å². The predicted octanol–water partition coefficient (Wildman–Crippen LogP) is 0.883. The Morgan fingerprint density at radius 1 is 1.70 bits per heavy atom. The van der Waals surface area contributed by atoms with Crippen molar-refractivity contribution in [3.05, 3.63) is 18.4 Å². The lowest BCUT2D eigenvalue weighted by molar-refractivity contribution is 0.416. The molecule has 0 amide bonds. The molecule has 0 spiro atoms. The molecular weight excluding hydrogens is 128 g/mol. The second-order valence-corrected chi connectivity index (χ2v) is 2.70. The van der Waals surface area contributed by atoms with Crippen LogP contribution in [0, 0.1) is 0 Å². The number of nitrogens with zero attached hydrogens (tertiary/aromatic N) is 1. The van der Waals surface area contributed by atoms with Crippen LogP contribution in [0.3, 0.4) is 0 Å². The molecule has 0 saturated heterocycles. The molecule has 0 unspecified atom stereocenters. The summed E-state index contributed by atoms with van der Waals surface area (Å²) >= 11 is 0. The van der Waals surface area contributed by atoms with Crippen molar-refractivity contribution in [2.75, 3.05) is 7.05 Å². The van der Waals surface area contributed by atoms with Gasteiger partial charge in [-0.25, -0.2) is 4.98 Å². The fourth-order valence-electron chi connectivity index (χ4n) is 1.20. The Hall–Kier alpha value is -0.830. The van der Waals surface area contributed by atoms with Crippen LogP contribution in [0.15, 0.2) is 17.0 Å². The second-order valence-electron chi connectivity index (χ2n) is 2.70. The average Bonchev–Trinajstić information content (AvgIpc) is 2.58.